The average molecular weight is 659 g/mol. The molecule has 2 aliphatic heterocycles. The third-order valence-electron chi connectivity index (χ3n) is 8.43. The predicted molar refractivity (Wildman–Crippen MR) is 174 cm³/mol. The fourth-order valence-corrected chi connectivity index (χ4v) is 6.32. The number of aromatic hydroxyl groups is 1. The zero-order chi connectivity index (χ0) is 32.7. The first-order chi connectivity index (χ1) is 22.8. The Morgan fingerprint density at radius 3 is 2.70 bits per heavy atom. The highest BCUT2D eigenvalue weighted by Gasteiger charge is 2.30. The lowest BCUT2D eigenvalue weighted by atomic mass is 10.1. The van der Waals surface area contributed by atoms with Crippen molar-refractivity contribution in [2.45, 2.75) is 26.3 Å². The van der Waals surface area contributed by atoms with Crippen LogP contribution in [-0.4, -0.2) is 85.4 Å². The van der Waals surface area contributed by atoms with Gasteiger partial charge in [0.25, 0.3) is 11.5 Å². The van der Waals surface area contributed by atoms with Crippen LogP contribution < -0.4 is 15.8 Å². The molecule has 47 heavy (non-hydrogen) atoms. The number of ether oxygens (including phenoxy) is 1. The minimum Gasteiger partial charge on any atom is -0.505 e. The molecule has 0 radical (unpaired) electrons. The van der Waals surface area contributed by atoms with Gasteiger partial charge in [-0.1, -0.05) is 24.6 Å². The van der Waals surface area contributed by atoms with Crippen LogP contribution in [0, 0.1) is 0 Å². The van der Waals surface area contributed by atoms with Crippen molar-refractivity contribution in [3.63, 3.8) is 0 Å². The normalized spacial score (nSPS) is 15.3. The molecule has 2 amide bonds. The number of amides is 2. The molecule has 2 N–H and O–H groups in total. The number of anilines is 2. The maximum Gasteiger partial charge on any atom is 0.299 e. The summed E-state index contributed by atoms with van der Waals surface area (Å²) in [6, 6.07) is 8.08. The lowest BCUT2D eigenvalue weighted by molar-refractivity contribution is -0.116. The fraction of sp³-hybridized carbons (Fsp3) is 0.312. The highest BCUT2D eigenvalue weighted by molar-refractivity contribution is 6.35. The van der Waals surface area contributed by atoms with Gasteiger partial charge >= 0.3 is 0 Å². The van der Waals surface area contributed by atoms with Gasteiger partial charge in [0, 0.05) is 37.8 Å². The van der Waals surface area contributed by atoms with Gasteiger partial charge in [-0.05, 0) is 48.7 Å². The minimum atomic E-state index is -0.386. The Balaban J connectivity index is 1.25. The molecule has 0 spiro atoms. The summed E-state index contributed by atoms with van der Waals surface area (Å²) in [7, 11) is 0. The molecule has 4 aromatic heterocycles. The summed E-state index contributed by atoms with van der Waals surface area (Å²) < 4.78 is 13.9. The van der Waals surface area contributed by atoms with Crippen molar-refractivity contribution >= 4 is 57.1 Å². The number of benzene rings is 1. The van der Waals surface area contributed by atoms with Crippen molar-refractivity contribution < 1.29 is 23.8 Å². The molecule has 0 aliphatic carbocycles. The number of carbonyl (C=O) groups is 2. The molecule has 1 saturated heterocycles. The number of halogens is 1. The van der Waals surface area contributed by atoms with Crippen LogP contribution in [0.15, 0.2) is 58.1 Å². The van der Waals surface area contributed by atoms with Gasteiger partial charge in [0.15, 0.2) is 17.1 Å². The van der Waals surface area contributed by atoms with E-state index in [0.29, 0.717) is 91.1 Å². The zero-order valence-electron chi connectivity index (χ0n) is 25.5. The number of nitrogens with one attached hydrogen (secondary N) is 1. The number of hydrogen-bond acceptors (Lipinski definition) is 10. The van der Waals surface area contributed by atoms with Crippen molar-refractivity contribution in [1.82, 2.24) is 29.0 Å². The Labute approximate surface area is 272 Å². The van der Waals surface area contributed by atoms with Crippen LogP contribution in [0.3, 0.4) is 0 Å². The Bertz CT molecular complexity index is 2110. The van der Waals surface area contributed by atoms with Crippen molar-refractivity contribution in [3.8, 4) is 5.75 Å². The summed E-state index contributed by atoms with van der Waals surface area (Å²) in [6.07, 6.45) is 5.87. The first-order valence-electron chi connectivity index (χ1n) is 15.3. The van der Waals surface area contributed by atoms with Crippen molar-refractivity contribution in [1.29, 1.82) is 0 Å². The molecule has 0 unspecified atom stereocenters. The third kappa shape index (κ3) is 5.59. The van der Waals surface area contributed by atoms with E-state index in [-0.39, 0.29) is 41.1 Å². The van der Waals surface area contributed by atoms with Gasteiger partial charge in [0.05, 0.1) is 35.9 Å². The van der Waals surface area contributed by atoms with Gasteiger partial charge in [-0.15, -0.1) is 5.10 Å². The molecule has 242 valence electrons. The van der Waals surface area contributed by atoms with Gasteiger partial charge in [0.2, 0.25) is 11.7 Å². The largest absolute Gasteiger partial charge is 0.505 e. The maximum atomic E-state index is 14.2. The molecule has 0 bridgehead atoms. The Kier molecular flexibility index (Phi) is 8.12. The first kappa shape index (κ1) is 30.4. The monoisotopic (exact) mass is 658 g/mol. The molecule has 1 fully saturated rings. The van der Waals surface area contributed by atoms with Gasteiger partial charge in [-0.25, -0.2) is 4.98 Å². The van der Waals surface area contributed by atoms with Crippen LogP contribution in [0.1, 0.15) is 35.4 Å². The predicted octanol–water partition coefficient (Wildman–Crippen LogP) is 3.36. The lowest BCUT2D eigenvalue weighted by Gasteiger charge is -2.36. The van der Waals surface area contributed by atoms with E-state index in [1.807, 2.05) is 17.9 Å². The summed E-state index contributed by atoms with van der Waals surface area (Å²) in [4.78, 5) is 53.3. The second-order valence-electron chi connectivity index (χ2n) is 11.2. The number of rotatable bonds is 7. The maximum absolute atomic E-state index is 14.2. The van der Waals surface area contributed by atoms with Crippen LogP contribution in [0.5, 0.6) is 5.75 Å². The second-order valence-corrected chi connectivity index (χ2v) is 11.6. The van der Waals surface area contributed by atoms with E-state index in [1.165, 1.54) is 23.0 Å². The highest BCUT2D eigenvalue weighted by atomic mass is 35.5. The third-order valence-corrected chi connectivity index (χ3v) is 8.73. The van der Waals surface area contributed by atoms with E-state index in [9.17, 15) is 19.5 Å². The molecule has 2 aliphatic rings. The standard InChI is InChI=1S/C32H31ClN8O6/c1-2-23-27(38-11-13-39(14-12-38)30(44)26-24(42)4-3-10-34-26)31(45)41-32(36-29(37-41)19-7-15-46-16-8-19)40(23)18-25(43)35-22-6-5-21(33)28-20(22)9-17-47-28/h3-7,9-10,17,42H,2,8,11-16,18H2,1H3,(H,35,43). The number of aromatic nitrogens is 5. The zero-order valence-corrected chi connectivity index (χ0v) is 26.2. The molecule has 6 heterocycles. The van der Waals surface area contributed by atoms with E-state index in [4.69, 9.17) is 25.7 Å². The Morgan fingerprint density at radius 1 is 1.13 bits per heavy atom. The molecule has 15 heteroatoms. The molecule has 0 saturated carbocycles. The molecule has 0 atom stereocenters. The van der Waals surface area contributed by atoms with Gasteiger partial charge in [0.1, 0.15) is 18.0 Å². The van der Waals surface area contributed by atoms with E-state index >= 15 is 0 Å². The van der Waals surface area contributed by atoms with Crippen LogP contribution in [0.2, 0.25) is 5.02 Å². The topological polar surface area (TPSA) is 160 Å². The molecule has 7 rings (SSSR count). The summed E-state index contributed by atoms with van der Waals surface area (Å²) in [6.45, 7) is 3.97. The van der Waals surface area contributed by atoms with Crippen LogP contribution in [0.4, 0.5) is 11.4 Å². The Hall–Kier alpha value is -5.21. The minimum absolute atomic E-state index is 0.0177. The molecular weight excluding hydrogens is 628 g/mol. The summed E-state index contributed by atoms with van der Waals surface area (Å²) in [5.74, 6) is -0.267. The van der Waals surface area contributed by atoms with Crippen LogP contribution >= 0.6 is 11.6 Å². The van der Waals surface area contributed by atoms with E-state index in [2.05, 4.69) is 15.4 Å². The number of carbonyl (C=O) groups excluding carboxylic acids is 2. The summed E-state index contributed by atoms with van der Waals surface area (Å²) in [5, 5.41) is 18.8. The number of piperazine rings is 1. The Morgan fingerprint density at radius 2 is 1.96 bits per heavy atom. The van der Waals surface area contributed by atoms with Gasteiger partial charge in [-0.2, -0.15) is 9.50 Å². The van der Waals surface area contributed by atoms with Crippen molar-refractivity contribution in [3.05, 3.63) is 81.5 Å². The number of pyridine rings is 1. The van der Waals surface area contributed by atoms with Gasteiger partial charge in [-0.3, -0.25) is 14.4 Å². The number of nitrogens with zero attached hydrogens (tertiary/aromatic N) is 7. The highest BCUT2D eigenvalue weighted by Crippen LogP contribution is 2.31. The lowest BCUT2D eigenvalue weighted by Crippen LogP contribution is -2.51. The molecular formula is C32H31ClN8O6. The van der Waals surface area contributed by atoms with Crippen LogP contribution in [-0.2, 0) is 22.5 Å². The van der Waals surface area contributed by atoms with E-state index in [0.717, 1.165) is 5.57 Å². The van der Waals surface area contributed by atoms with E-state index < -0.39 is 0 Å². The number of furan rings is 1. The quantitative estimate of drug-likeness (QED) is 0.265. The summed E-state index contributed by atoms with van der Waals surface area (Å²) in [5.41, 5.74) is 2.49. The van der Waals surface area contributed by atoms with Crippen molar-refractivity contribution in [2.24, 2.45) is 0 Å². The van der Waals surface area contributed by atoms with Gasteiger partial charge < -0.3 is 33.9 Å². The average Bonchev–Trinajstić information content (AvgIpc) is 3.77. The smallest absolute Gasteiger partial charge is 0.299 e. The first-order valence-corrected chi connectivity index (χ1v) is 15.6. The molecule has 14 nitrogen and oxygen atoms in total. The molecule has 5 aromatic rings. The molecule has 1 aromatic carbocycles. The van der Waals surface area contributed by atoms with Crippen LogP contribution in [0.25, 0.3) is 22.3 Å². The fourth-order valence-electron chi connectivity index (χ4n) is 6.11. The summed E-state index contributed by atoms with van der Waals surface area (Å²) >= 11 is 6.27. The van der Waals surface area contributed by atoms with Crippen molar-refractivity contribution in [2.75, 3.05) is 49.6 Å². The van der Waals surface area contributed by atoms with E-state index in [1.54, 1.807) is 33.7 Å². The second kappa shape index (κ2) is 12.5. The number of fused-ring (bicyclic) bond motifs is 2. The number of hydrogen-bond donors (Lipinski definition) is 2. The SMILES string of the molecule is CCc1c(N2CCN(C(=O)c3ncccc3O)CC2)c(=O)n2nc(C3=CCOCC3)nc2n1CC(=O)Nc1ccc(Cl)c2occc12.